The van der Waals surface area contributed by atoms with Gasteiger partial charge in [-0.1, -0.05) is 36.4 Å². The fourth-order valence-electron chi connectivity index (χ4n) is 4.08. The van der Waals surface area contributed by atoms with E-state index < -0.39 is 0 Å². The molecule has 1 N–H and O–H groups in total. The van der Waals surface area contributed by atoms with Crippen molar-refractivity contribution in [1.29, 1.82) is 0 Å². The summed E-state index contributed by atoms with van der Waals surface area (Å²) in [6.45, 7) is 4.45. The molecule has 142 valence electrons. The van der Waals surface area contributed by atoms with Crippen LogP contribution in [0.4, 0.5) is 4.39 Å². The van der Waals surface area contributed by atoms with Crippen molar-refractivity contribution >= 4 is 5.96 Å². The van der Waals surface area contributed by atoms with Crippen molar-refractivity contribution in [2.24, 2.45) is 4.99 Å². The van der Waals surface area contributed by atoms with E-state index in [1.165, 1.54) is 23.3 Å². The highest BCUT2D eigenvalue weighted by atomic mass is 19.1. The van der Waals surface area contributed by atoms with Crippen LogP contribution < -0.4 is 5.32 Å². The Morgan fingerprint density at radius 1 is 1.19 bits per heavy atom. The molecule has 0 bridgehead atoms. The van der Waals surface area contributed by atoms with E-state index in [1.807, 2.05) is 7.05 Å². The fourth-order valence-corrected chi connectivity index (χ4v) is 4.08. The van der Waals surface area contributed by atoms with Crippen LogP contribution in [-0.2, 0) is 11.2 Å². The van der Waals surface area contributed by atoms with E-state index in [-0.39, 0.29) is 18.0 Å². The van der Waals surface area contributed by atoms with E-state index in [0.717, 1.165) is 31.0 Å². The topological polar surface area (TPSA) is 36.9 Å². The molecule has 4 nitrogen and oxygen atoms in total. The zero-order valence-corrected chi connectivity index (χ0v) is 15.9. The average molecular weight is 367 g/mol. The molecule has 0 amide bonds. The Hall–Kier alpha value is -2.40. The standard InChI is InChI=1S/C22H26FN3O/c1-15-13-26(14-21(27-15)16-7-9-19(23)10-8-16)22(24-2)25-12-18-11-17-5-3-4-6-20(17)18/h3-10,15,18,21H,11-14H2,1-2H3,(H,24,25). The number of halogens is 1. The van der Waals surface area contributed by atoms with Crippen LogP contribution in [0.1, 0.15) is 35.6 Å². The summed E-state index contributed by atoms with van der Waals surface area (Å²) in [5.74, 6) is 1.23. The highest BCUT2D eigenvalue weighted by Crippen LogP contribution is 2.34. The van der Waals surface area contributed by atoms with Gasteiger partial charge in [0.2, 0.25) is 0 Å². The molecule has 27 heavy (non-hydrogen) atoms. The molecule has 1 saturated heterocycles. The SMILES string of the molecule is CN=C(NCC1Cc2ccccc21)N1CC(C)OC(c2ccc(F)cc2)C1. The van der Waals surface area contributed by atoms with Crippen molar-refractivity contribution in [1.82, 2.24) is 10.2 Å². The summed E-state index contributed by atoms with van der Waals surface area (Å²) < 4.78 is 19.3. The third-order valence-corrected chi connectivity index (χ3v) is 5.48. The van der Waals surface area contributed by atoms with E-state index in [1.54, 1.807) is 12.1 Å². The van der Waals surface area contributed by atoms with Crippen molar-refractivity contribution in [2.45, 2.75) is 31.5 Å². The molecule has 0 saturated carbocycles. The molecule has 2 aliphatic rings. The largest absolute Gasteiger partial charge is 0.367 e. The zero-order valence-electron chi connectivity index (χ0n) is 15.9. The Labute approximate surface area is 160 Å². The van der Waals surface area contributed by atoms with Gasteiger partial charge >= 0.3 is 0 Å². The minimum Gasteiger partial charge on any atom is -0.367 e. The van der Waals surface area contributed by atoms with Crippen LogP contribution in [0.2, 0.25) is 0 Å². The number of aliphatic imine (C=N–C) groups is 1. The minimum atomic E-state index is -0.224. The lowest BCUT2D eigenvalue weighted by Gasteiger charge is -2.39. The first-order valence-corrected chi connectivity index (χ1v) is 9.58. The first kappa shape index (κ1) is 18.0. The molecule has 2 aromatic carbocycles. The quantitative estimate of drug-likeness (QED) is 0.666. The second kappa shape index (κ2) is 7.69. The highest BCUT2D eigenvalue weighted by molar-refractivity contribution is 5.80. The van der Waals surface area contributed by atoms with Crippen molar-refractivity contribution in [3.05, 3.63) is 71.0 Å². The van der Waals surface area contributed by atoms with Crippen molar-refractivity contribution in [3.63, 3.8) is 0 Å². The van der Waals surface area contributed by atoms with Gasteiger partial charge in [0.15, 0.2) is 5.96 Å². The van der Waals surface area contributed by atoms with Gasteiger partial charge in [-0.15, -0.1) is 0 Å². The van der Waals surface area contributed by atoms with Gasteiger partial charge in [0.25, 0.3) is 0 Å². The zero-order chi connectivity index (χ0) is 18.8. The molecule has 0 aromatic heterocycles. The molecule has 1 fully saturated rings. The number of fused-ring (bicyclic) bond motifs is 1. The van der Waals surface area contributed by atoms with Crippen LogP contribution >= 0.6 is 0 Å². The fraction of sp³-hybridized carbons (Fsp3) is 0.409. The maximum Gasteiger partial charge on any atom is 0.193 e. The Bertz CT molecular complexity index is 821. The van der Waals surface area contributed by atoms with Crippen LogP contribution in [0.5, 0.6) is 0 Å². The molecule has 0 radical (unpaired) electrons. The van der Waals surface area contributed by atoms with Gasteiger partial charge in [0.1, 0.15) is 11.9 Å². The van der Waals surface area contributed by atoms with Crippen LogP contribution in [0.15, 0.2) is 53.5 Å². The smallest absolute Gasteiger partial charge is 0.193 e. The summed E-state index contributed by atoms with van der Waals surface area (Å²) in [6, 6.07) is 15.2. The van der Waals surface area contributed by atoms with Gasteiger partial charge in [-0.05, 0) is 42.2 Å². The third kappa shape index (κ3) is 3.83. The van der Waals surface area contributed by atoms with Crippen molar-refractivity contribution in [3.8, 4) is 0 Å². The molecular weight excluding hydrogens is 341 g/mol. The first-order chi connectivity index (χ1) is 13.1. The summed E-state index contributed by atoms with van der Waals surface area (Å²) in [4.78, 5) is 6.73. The number of nitrogens with one attached hydrogen (secondary N) is 1. The van der Waals surface area contributed by atoms with E-state index >= 15 is 0 Å². The lowest BCUT2D eigenvalue weighted by atomic mass is 9.78. The van der Waals surface area contributed by atoms with Crippen LogP contribution in [0.25, 0.3) is 0 Å². The number of benzene rings is 2. The number of rotatable bonds is 3. The minimum absolute atomic E-state index is 0.0804. The van der Waals surface area contributed by atoms with Gasteiger partial charge in [-0.3, -0.25) is 4.99 Å². The summed E-state index contributed by atoms with van der Waals surface area (Å²) in [6.07, 6.45) is 1.12. The monoisotopic (exact) mass is 367 g/mol. The van der Waals surface area contributed by atoms with Gasteiger partial charge in [0.05, 0.1) is 12.6 Å². The van der Waals surface area contributed by atoms with Crippen LogP contribution in [0, 0.1) is 5.82 Å². The number of nitrogens with zero attached hydrogens (tertiary/aromatic N) is 2. The Balaban J connectivity index is 1.40. The lowest BCUT2D eigenvalue weighted by molar-refractivity contribution is -0.0605. The van der Waals surface area contributed by atoms with Crippen LogP contribution in [0.3, 0.4) is 0 Å². The van der Waals surface area contributed by atoms with E-state index in [0.29, 0.717) is 12.5 Å². The van der Waals surface area contributed by atoms with Gasteiger partial charge < -0.3 is 15.0 Å². The third-order valence-electron chi connectivity index (χ3n) is 5.48. The first-order valence-electron chi connectivity index (χ1n) is 9.58. The summed E-state index contributed by atoms with van der Waals surface area (Å²) in [5.41, 5.74) is 3.90. The predicted molar refractivity (Wildman–Crippen MR) is 106 cm³/mol. The van der Waals surface area contributed by atoms with E-state index in [9.17, 15) is 4.39 Å². The molecule has 3 unspecified atom stereocenters. The lowest BCUT2D eigenvalue weighted by Crippen LogP contribution is -2.51. The molecule has 0 spiro atoms. The molecule has 4 rings (SSSR count). The Kier molecular flexibility index (Phi) is 5.12. The number of guanidine groups is 1. The van der Waals surface area contributed by atoms with E-state index in [2.05, 4.69) is 46.4 Å². The normalized spacial score (nSPS) is 24.9. The summed E-state index contributed by atoms with van der Waals surface area (Å²) >= 11 is 0. The number of morpholine rings is 1. The molecule has 1 aliphatic heterocycles. The summed E-state index contributed by atoms with van der Waals surface area (Å²) in [7, 11) is 1.82. The number of ether oxygens (including phenoxy) is 1. The molecule has 5 heteroatoms. The average Bonchev–Trinajstić information content (AvgIpc) is 2.65. The van der Waals surface area contributed by atoms with Crippen molar-refractivity contribution < 1.29 is 9.13 Å². The van der Waals surface area contributed by atoms with Crippen LogP contribution in [-0.4, -0.2) is 43.6 Å². The second-order valence-corrected chi connectivity index (χ2v) is 7.42. The van der Waals surface area contributed by atoms with E-state index in [4.69, 9.17) is 4.74 Å². The Morgan fingerprint density at radius 3 is 2.70 bits per heavy atom. The molecule has 2 aromatic rings. The molecule has 3 atom stereocenters. The second-order valence-electron chi connectivity index (χ2n) is 7.42. The maximum absolute atomic E-state index is 13.2. The number of hydrogen-bond donors (Lipinski definition) is 1. The molecule has 1 heterocycles. The summed E-state index contributed by atoms with van der Waals surface area (Å²) in [5, 5.41) is 3.54. The van der Waals surface area contributed by atoms with Gasteiger partial charge in [-0.25, -0.2) is 4.39 Å². The van der Waals surface area contributed by atoms with Gasteiger partial charge in [-0.2, -0.15) is 0 Å². The molecular formula is C22H26FN3O. The molecule has 1 aliphatic carbocycles. The predicted octanol–water partition coefficient (Wildman–Crippen LogP) is 3.50. The maximum atomic E-state index is 13.2. The van der Waals surface area contributed by atoms with Gasteiger partial charge in [0, 0.05) is 26.1 Å². The number of hydrogen-bond acceptors (Lipinski definition) is 2. The Morgan fingerprint density at radius 2 is 1.96 bits per heavy atom. The highest BCUT2D eigenvalue weighted by Gasteiger charge is 2.30. The van der Waals surface area contributed by atoms with Crippen molar-refractivity contribution in [2.75, 3.05) is 26.7 Å².